The van der Waals surface area contributed by atoms with Gasteiger partial charge < -0.3 is 11.1 Å². The minimum Gasteiger partial charge on any atom is -0.364 e. The van der Waals surface area contributed by atoms with Gasteiger partial charge >= 0.3 is 0 Å². The third kappa shape index (κ3) is 3.01. The second kappa shape index (κ2) is 3.61. The molecule has 5 nitrogen and oxygen atoms in total. The van der Waals surface area contributed by atoms with E-state index in [1.165, 1.54) is 6.20 Å². The van der Waals surface area contributed by atoms with Crippen LogP contribution >= 0.6 is 0 Å². The van der Waals surface area contributed by atoms with Gasteiger partial charge in [-0.1, -0.05) is 0 Å². The molecule has 1 heterocycles. The Labute approximate surface area is 82.7 Å². The van der Waals surface area contributed by atoms with E-state index in [1.807, 2.05) is 20.8 Å². The Morgan fingerprint density at radius 3 is 2.57 bits per heavy atom. The number of nitrogens with zero attached hydrogens (tertiary/aromatic N) is 2. The van der Waals surface area contributed by atoms with Crippen molar-refractivity contribution in [3.8, 4) is 0 Å². The monoisotopic (exact) mass is 194 g/mol. The number of hydrogen-bond donors (Lipinski definition) is 2. The largest absolute Gasteiger partial charge is 0.364 e. The first-order chi connectivity index (χ1) is 6.38. The van der Waals surface area contributed by atoms with E-state index in [0.717, 1.165) is 0 Å². The molecule has 0 aromatic carbocycles. The highest BCUT2D eigenvalue weighted by atomic mass is 16.1. The first kappa shape index (κ1) is 10.4. The molecule has 0 spiro atoms. The predicted octanol–water partition coefficient (Wildman–Crippen LogP) is 0.786. The molecule has 1 rings (SSSR count). The van der Waals surface area contributed by atoms with Gasteiger partial charge in [-0.05, 0) is 20.8 Å². The Morgan fingerprint density at radius 1 is 1.43 bits per heavy atom. The molecule has 0 aliphatic rings. The normalized spacial score (nSPS) is 11.1. The fourth-order valence-corrected chi connectivity index (χ4v) is 0.929. The fraction of sp³-hybridized carbons (Fsp3) is 0.444. The standard InChI is InChI=1S/C9H14N4O/c1-9(2,3)13-7-5-11-4-6(12-7)8(10)14/h4-5H,1-3H3,(H2,10,14)(H,12,13). The van der Waals surface area contributed by atoms with E-state index in [-0.39, 0.29) is 11.2 Å². The number of carbonyl (C=O) groups is 1. The zero-order valence-electron chi connectivity index (χ0n) is 8.53. The Morgan fingerprint density at radius 2 is 2.07 bits per heavy atom. The molecule has 0 saturated heterocycles. The van der Waals surface area contributed by atoms with Crippen molar-refractivity contribution in [1.82, 2.24) is 9.97 Å². The minimum atomic E-state index is -0.574. The highest BCUT2D eigenvalue weighted by molar-refractivity contribution is 5.90. The van der Waals surface area contributed by atoms with Crippen LogP contribution in [-0.2, 0) is 0 Å². The average molecular weight is 194 g/mol. The number of rotatable bonds is 2. The van der Waals surface area contributed by atoms with Crippen LogP contribution in [0.15, 0.2) is 12.4 Å². The van der Waals surface area contributed by atoms with Crippen LogP contribution in [0.2, 0.25) is 0 Å². The number of aromatic nitrogens is 2. The van der Waals surface area contributed by atoms with Crippen LogP contribution in [0.4, 0.5) is 5.82 Å². The van der Waals surface area contributed by atoms with Crippen molar-refractivity contribution in [1.29, 1.82) is 0 Å². The first-order valence-electron chi connectivity index (χ1n) is 4.28. The topological polar surface area (TPSA) is 80.9 Å². The summed E-state index contributed by atoms with van der Waals surface area (Å²) in [7, 11) is 0. The van der Waals surface area contributed by atoms with Crippen LogP contribution in [0.1, 0.15) is 31.3 Å². The van der Waals surface area contributed by atoms with E-state index in [0.29, 0.717) is 5.82 Å². The molecule has 0 bridgehead atoms. The van der Waals surface area contributed by atoms with Crippen molar-refractivity contribution in [3.63, 3.8) is 0 Å². The quantitative estimate of drug-likeness (QED) is 0.729. The van der Waals surface area contributed by atoms with E-state index in [2.05, 4.69) is 15.3 Å². The number of nitrogens with one attached hydrogen (secondary N) is 1. The molecule has 0 unspecified atom stereocenters. The van der Waals surface area contributed by atoms with Crippen LogP contribution in [0.5, 0.6) is 0 Å². The van der Waals surface area contributed by atoms with Crippen LogP contribution in [0, 0.1) is 0 Å². The Bertz CT molecular complexity index is 343. The van der Waals surface area contributed by atoms with Crippen LogP contribution in [0.3, 0.4) is 0 Å². The highest BCUT2D eigenvalue weighted by Gasteiger charge is 2.11. The second-order valence-corrected chi connectivity index (χ2v) is 4.03. The van der Waals surface area contributed by atoms with Crippen LogP contribution in [0.25, 0.3) is 0 Å². The molecule has 3 N–H and O–H groups in total. The predicted molar refractivity (Wildman–Crippen MR) is 53.9 cm³/mol. The van der Waals surface area contributed by atoms with Gasteiger partial charge in [0, 0.05) is 5.54 Å². The second-order valence-electron chi connectivity index (χ2n) is 4.03. The fourth-order valence-electron chi connectivity index (χ4n) is 0.929. The molecule has 0 atom stereocenters. The molecule has 0 aliphatic heterocycles. The molecule has 14 heavy (non-hydrogen) atoms. The Balaban J connectivity index is 2.89. The van der Waals surface area contributed by atoms with Gasteiger partial charge in [0.2, 0.25) is 0 Å². The summed E-state index contributed by atoms with van der Waals surface area (Å²) < 4.78 is 0. The summed E-state index contributed by atoms with van der Waals surface area (Å²) >= 11 is 0. The molecule has 1 amide bonds. The van der Waals surface area contributed by atoms with Gasteiger partial charge in [-0.25, -0.2) is 4.98 Å². The van der Waals surface area contributed by atoms with Crippen molar-refractivity contribution >= 4 is 11.7 Å². The number of nitrogens with two attached hydrogens (primary N) is 1. The van der Waals surface area contributed by atoms with Gasteiger partial charge in [0.15, 0.2) is 0 Å². The molecule has 0 radical (unpaired) electrons. The molecule has 1 aromatic heterocycles. The summed E-state index contributed by atoms with van der Waals surface area (Å²) in [5.41, 5.74) is 5.12. The molecule has 0 aliphatic carbocycles. The zero-order chi connectivity index (χ0) is 10.8. The minimum absolute atomic E-state index is 0.120. The summed E-state index contributed by atoms with van der Waals surface area (Å²) in [6.07, 6.45) is 2.90. The van der Waals surface area contributed by atoms with Crippen molar-refractivity contribution in [2.24, 2.45) is 5.73 Å². The first-order valence-corrected chi connectivity index (χ1v) is 4.28. The number of amides is 1. The van der Waals surface area contributed by atoms with E-state index in [4.69, 9.17) is 5.73 Å². The number of carbonyl (C=O) groups excluding carboxylic acids is 1. The number of primary amides is 1. The number of hydrogen-bond acceptors (Lipinski definition) is 4. The van der Waals surface area contributed by atoms with Gasteiger partial charge in [0.25, 0.3) is 5.91 Å². The molecular formula is C9H14N4O. The maximum Gasteiger partial charge on any atom is 0.268 e. The van der Waals surface area contributed by atoms with Crippen molar-refractivity contribution in [3.05, 3.63) is 18.1 Å². The van der Waals surface area contributed by atoms with Gasteiger partial charge in [-0.15, -0.1) is 0 Å². The molecule has 76 valence electrons. The maximum atomic E-state index is 10.8. The molecular weight excluding hydrogens is 180 g/mol. The summed E-state index contributed by atoms with van der Waals surface area (Å²) in [4.78, 5) is 18.7. The lowest BCUT2D eigenvalue weighted by atomic mass is 10.1. The smallest absolute Gasteiger partial charge is 0.268 e. The number of anilines is 1. The van der Waals surface area contributed by atoms with Gasteiger partial charge in [0.1, 0.15) is 11.5 Å². The lowest BCUT2D eigenvalue weighted by Gasteiger charge is -2.20. The Kier molecular flexibility index (Phi) is 2.69. The third-order valence-electron chi connectivity index (χ3n) is 1.39. The Hall–Kier alpha value is -1.65. The van der Waals surface area contributed by atoms with Crippen molar-refractivity contribution < 1.29 is 4.79 Å². The highest BCUT2D eigenvalue weighted by Crippen LogP contribution is 2.10. The lowest BCUT2D eigenvalue weighted by Crippen LogP contribution is -2.27. The molecule has 0 fully saturated rings. The van der Waals surface area contributed by atoms with Gasteiger partial charge in [-0.2, -0.15) is 0 Å². The van der Waals surface area contributed by atoms with E-state index < -0.39 is 5.91 Å². The summed E-state index contributed by atoms with van der Waals surface area (Å²) in [6.45, 7) is 5.98. The van der Waals surface area contributed by atoms with Gasteiger partial charge in [0.05, 0.1) is 12.4 Å². The van der Waals surface area contributed by atoms with Crippen molar-refractivity contribution in [2.45, 2.75) is 26.3 Å². The summed E-state index contributed by atoms with van der Waals surface area (Å²) in [5.74, 6) is -0.0242. The SMILES string of the molecule is CC(C)(C)Nc1cncc(C(N)=O)n1. The molecule has 5 heteroatoms. The lowest BCUT2D eigenvalue weighted by molar-refractivity contribution is 0.0995. The molecule has 1 aromatic rings. The zero-order valence-corrected chi connectivity index (χ0v) is 8.53. The summed E-state index contributed by atoms with van der Waals surface area (Å²) in [6, 6.07) is 0. The van der Waals surface area contributed by atoms with E-state index in [9.17, 15) is 4.79 Å². The maximum absolute atomic E-state index is 10.8. The summed E-state index contributed by atoms with van der Waals surface area (Å²) in [5, 5.41) is 3.10. The third-order valence-corrected chi connectivity index (χ3v) is 1.39. The molecule has 0 saturated carbocycles. The van der Waals surface area contributed by atoms with Crippen molar-refractivity contribution in [2.75, 3.05) is 5.32 Å². The van der Waals surface area contributed by atoms with E-state index >= 15 is 0 Å². The van der Waals surface area contributed by atoms with Gasteiger partial charge in [-0.3, -0.25) is 9.78 Å². The van der Waals surface area contributed by atoms with E-state index in [1.54, 1.807) is 6.20 Å². The average Bonchev–Trinajstić information content (AvgIpc) is 2.01. The van der Waals surface area contributed by atoms with Crippen LogP contribution < -0.4 is 11.1 Å². The van der Waals surface area contributed by atoms with Crippen LogP contribution in [-0.4, -0.2) is 21.4 Å².